The summed E-state index contributed by atoms with van der Waals surface area (Å²) in [4.78, 5) is 55.0. The second-order valence-corrected chi connectivity index (χ2v) is 19.1. The van der Waals surface area contributed by atoms with Crippen molar-refractivity contribution in [2.24, 2.45) is 57.3 Å². The van der Waals surface area contributed by atoms with Crippen molar-refractivity contribution in [3.05, 3.63) is 58.0 Å². The Morgan fingerprint density at radius 2 is 1.55 bits per heavy atom. The predicted molar refractivity (Wildman–Crippen MR) is 199 cm³/mol. The van der Waals surface area contributed by atoms with Gasteiger partial charge in [0.15, 0.2) is 5.78 Å². The number of carbonyl (C=O) groups is 3. The van der Waals surface area contributed by atoms with Gasteiger partial charge in [0.25, 0.3) is 5.56 Å². The number of hydrogen-bond acceptors (Lipinski definition) is 5. The van der Waals surface area contributed by atoms with Gasteiger partial charge in [-0.2, -0.15) is 0 Å². The van der Waals surface area contributed by atoms with Crippen molar-refractivity contribution in [2.45, 2.75) is 126 Å². The van der Waals surface area contributed by atoms with Crippen LogP contribution in [0, 0.1) is 57.2 Å². The Morgan fingerprint density at radius 3 is 2.22 bits per heavy atom. The zero-order chi connectivity index (χ0) is 37.1. The Bertz CT molecular complexity index is 1890. The minimum atomic E-state index is -0.695. The number of nitrogens with one attached hydrogen (secondary N) is 1. The molecule has 4 fully saturated rings. The van der Waals surface area contributed by atoms with Crippen molar-refractivity contribution in [3.8, 4) is 5.69 Å². The van der Waals surface area contributed by atoms with Gasteiger partial charge in [0.05, 0.1) is 11.4 Å². The van der Waals surface area contributed by atoms with E-state index in [2.05, 4.69) is 59.9 Å². The lowest BCUT2D eigenvalue weighted by molar-refractivity contribution is -0.210. The molecule has 51 heavy (non-hydrogen) atoms. The maximum Gasteiger partial charge on any atom is 0.302 e. The number of allylic oxidation sites excluding steroid dienone is 2. The highest BCUT2D eigenvalue weighted by molar-refractivity contribution is 5.97. The van der Waals surface area contributed by atoms with E-state index in [1.165, 1.54) is 12.5 Å². The van der Waals surface area contributed by atoms with E-state index >= 15 is 0 Å². The molecule has 9 atom stereocenters. The summed E-state index contributed by atoms with van der Waals surface area (Å²) in [7, 11) is 1.84. The number of nitrogens with zero attached hydrogens (tertiary/aromatic N) is 2. The summed E-state index contributed by atoms with van der Waals surface area (Å²) < 4.78 is 9.30. The molecule has 1 aromatic carbocycles. The number of para-hydroxylation sites is 1. The summed E-state index contributed by atoms with van der Waals surface area (Å²) in [5.74, 6) is 0.170. The Balaban J connectivity index is 1.21. The maximum absolute atomic E-state index is 14.8. The molecule has 276 valence electrons. The second kappa shape index (κ2) is 11.5. The minimum absolute atomic E-state index is 0.00246. The van der Waals surface area contributed by atoms with Crippen molar-refractivity contribution in [1.29, 1.82) is 0 Å². The van der Waals surface area contributed by atoms with Crippen LogP contribution in [0.5, 0.6) is 0 Å². The van der Waals surface area contributed by atoms with Gasteiger partial charge in [0.1, 0.15) is 11.8 Å². The molecule has 4 saturated carbocycles. The van der Waals surface area contributed by atoms with Crippen LogP contribution in [-0.2, 0) is 26.2 Å². The topological polar surface area (TPSA) is 99.4 Å². The predicted octanol–water partition coefficient (Wildman–Crippen LogP) is 8.34. The molecule has 0 saturated heterocycles. The molecule has 2 aromatic rings. The molecule has 8 heteroatoms. The number of amides is 1. The molecule has 5 aliphatic rings. The van der Waals surface area contributed by atoms with Crippen LogP contribution in [0.25, 0.3) is 5.69 Å². The van der Waals surface area contributed by atoms with Crippen LogP contribution < -0.4 is 10.9 Å². The Kier molecular flexibility index (Phi) is 8.14. The van der Waals surface area contributed by atoms with E-state index in [-0.39, 0.29) is 74.2 Å². The molecule has 8 nitrogen and oxygen atoms in total. The van der Waals surface area contributed by atoms with Crippen LogP contribution in [0.1, 0.15) is 119 Å². The Hall–Kier alpha value is -3.42. The molecular formula is C43H59N3O5. The highest BCUT2D eigenvalue weighted by Gasteiger charge is 2.70. The molecule has 1 N–H and O–H groups in total. The number of esters is 1. The summed E-state index contributed by atoms with van der Waals surface area (Å²) in [5, 5.41) is 3.12. The zero-order valence-corrected chi connectivity index (χ0v) is 32.6. The zero-order valence-electron chi connectivity index (χ0n) is 32.6. The molecule has 0 bridgehead atoms. The van der Waals surface area contributed by atoms with Gasteiger partial charge >= 0.3 is 5.97 Å². The normalized spacial score (nSPS) is 39.8. The first-order valence-corrected chi connectivity index (χ1v) is 19.3. The number of ether oxygens (including phenoxy) is 1. The van der Waals surface area contributed by atoms with Crippen molar-refractivity contribution in [2.75, 3.05) is 5.32 Å². The molecule has 5 aliphatic carbocycles. The van der Waals surface area contributed by atoms with E-state index in [9.17, 15) is 19.2 Å². The Labute approximate surface area is 303 Å². The maximum atomic E-state index is 14.8. The first kappa shape index (κ1) is 36.0. The molecular weight excluding hydrogens is 638 g/mol. The average Bonchev–Trinajstić information content (AvgIpc) is 3.27. The van der Waals surface area contributed by atoms with Crippen molar-refractivity contribution in [1.82, 2.24) is 9.36 Å². The average molecular weight is 698 g/mol. The summed E-state index contributed by atoms with van der Waals surface area (Å²) in [6.07, 6.45) is 9.91. The standard InChI is InChI=1S/C43H59N3O5/c1-26-34(36(49)46(45(26)10)28-14-12-11-13-15-28)44-37(50)40(6)21-20-39(5)22-23-42(8)29(30(39)25-40)24-31(48)35-41(7)18-17-33(51-27(2)47)38(3,4)32(41)16-19-43(35,42)9/h11-15,24,30,32-33,35H,16-23,25H2,1-10H3,(H,44,50)/t30-,32+,33+,35+,39+,40+,41+,42-,43+/m0/s1. The lowest BCUT2D eigenvalue weighted by Gasteiger charge is -2.70. The fourth-order valence-electron chi connectivity index (χ4n) is 12.7. The van der Waals surface area contributed by atoms with Gasteiger partial charge in [-0.1, -0.05) is 72.2 Å². The van der Waals surface area contributed by atoms with E-state index in [0.29, 0.717) is 17.8 Å². The molecule has 0 aliphatic heterocycles. The third kappa shape index (κ3) is 4.96. The third-order valence-corrected chi connectivity index (χ3v) is 16.2. The van der Waals surface area contributed by atoms with Crippen molar-refractivity contribution >= 4 is 23.3 Å². The molecule has 0 spiro atoms. The van der Waals surface area contributed by atoms with Crippen molar-refractivity contribution in [3.63, 3.8) is 0 Å². The molecule has 1 amide bonds. The number of hydrogen-bond donors (Lipinski definition) is 1. The highest BCUT2D eigenvalue weighted by atomic mass is 16.5. The van der Waals surface area contributed by atoms with Crippen LogP contribution in [0.4, 0.5) is 5.69 Å². The fourth-order valence-corrected chi connectivity index (χ4v) is 12.7. The van der Waals surface area contributed by atoms with Gasteiger partial charge in [-0.15, -0.1) is 0 Å². The lowest BCUT2D eigenvalue weighted by atomic mass is 9.33. The van der Waals surface area contributed by atoms with E-state index in [1.807, 2.05) is 44.3 Å². The molecule has 7 rings (SSSR count). The number of rotatable bonds is 4. The van der Waals surface area contributed by atoms with E-state index < -0.39 is 5.41 Å². The fraction of sp³-hybridized carbons (Fsp3) is 0.674. The first-order chi connectivity index (χ1) is 23.7. The van der Waals surface area contributed by atoms with Gasteiger partial charge in [0, 0.05) is 30.7 Å². The molecule has 0 unspecified atom stereocenters. The lowest BCUT2D eigenvalue weighted by Crippen LogP contribution is -2.66. The second-order valence-electron chi connectivity index (χ2n) is 19.1. The number of carbonyl (C=O) groups excluding carboxylic acids is 3. The highest BCUT2D eigenvalue weighted by Crippen LogP contribution is 2.75. The SMILES string of the molecule is CC(=O)O[C@@H]1CC[C@]2(C)[C@H](CC[C@]3(C)[C@@H]2C(=O)C=C2[C@@H]4C[C@](C)(C(=O)Nc5c(C)n(C)n(-c6ccccc6)c5=O)CC[C@]4(C)CC[C@@]23C)C1(C)C. The molecule has 1 aromatic heterocycles. The Morgan fingerprint density at radius 1 is 0.882 bits per heavy atom. The summed E-state index contributed by atoms with van der Waals surface area (Å²) in [6, 6.07) is 9.50. The molecule has 1 heterocycles. The third-order valence-electron chi connectivity index (χ3n) is 16.2. The van der Waals surface area contributed by atoms with Crippen LogP contribution in [0.3, 0.4) is 0 Å². The van der Waals surface area contributed by atoms with Gasteiger partial charge in [-0.25, -0.2) is 4.68 Å². The molecule has 0 radical (unpaired) electrons. The number of aromatic nitrogens is 2. The first-order valence-electron chi connectivity index (χ1n) is 19.3. The largest absolute Gasteiger partial charge is 0.462 e. The van der Waals surface area contributed by atoms with Crippen molar-refractivity contribution < 1.29 is 19.1 Å². The van der Waals surface area contributed by atoms with Crippen LogP contribution in [0.2, 0.25) is 0 Å². The van der Waals surface area contributed by atoms with E-state index in [0.717, 1.165) is 57.1 Å². The number of ketones is 1. The van der Waals surface area contributed by atoms with Crippen LogP contribution in [-0.4, -0.2) is 33.1 Å². The van der Waals surface area contributed by atoms with Gasteiger partial charge < -0.3 is 10.1 Å². The van der Waals surface area contributed by atoms with E-state index in [4.69, 9.17) is 4.74 Å². The van der Waals surface area contributed by atoms with Crippen LogP contribution >= 0.6 is 0 Å². The monoisotopic (exact) mass is 697 g/mol. The van der Waals surface area contributed by atoms with Gasteiger partial charge in [-0.3, -0.25) is 23.9 Å². The van der Waals surface area contributed by atoms with Gasteiger partial charge in [0.2, 0.25) is 5.91 Å². The summed E-state index contributed by atoms with van der Waals surface area (Å²) >= 11 is 0. The summed E-state index contributed by atoms with van der Waals surface area (Å²) in [5.41, 5.74) is 1.30. The quantitative estimate of drug-likeness (QED) is 0.324. The van der Waals surface area contributed by atoms with E-state index in [1.54, 1.807) is 9.36 Å². The smallest absolute Gasteiger partial charge is 0.302 e. The number of fused-ring (bicyclic) bond motifs is 7. The number of anilines is 1. The summed E-state index contributed by atoms with van der Waals surface area (Å²) in [6.45, 7) is 19.5. The van der Waals surface area contributed by atoms with Gasteiger partial charge in [-0.05, 0) is 116 Å². The minimum Gasteiger partial charge on any atom is -0.462 e. The number of benzene rings is 1. The van der Waals surface area contributed by atoms with Crippen LogP contribution in [0.15, 0.2) is 46.8 Å².